The number of hydrogen-bond donors (Lipinski definition) is 6. The van der Waals surface area contributed by atoms with Gasteiger partial charge in [-0.1, -0.05) is 124 Å². The second-order valence-corrected chi connectivity index (χ2v) is 26.7. The molecular formula is C59H68Cl4F2N4O6. The van der Waals surface area contributed by atoms with Crippen LogP contribution in [0.3, 0.4) is 0 Å². The molecule has 4 aliphatic heterocycles. The zero-order valence-corrected chi connectivity index (χ0v) is 46.5. The maximum Gasteiger partial charge on any atom is 0.237 e. The minimum Gasteiger partial charge on any atom is -0.393 e. The quantitative estimate of drug-likeness (QED) is 0.0917. The second-order valence-electron chi connectivity index (χ2n) is 25.0. The Labute approximate surface area is 458 Å². The summed E-state index contributed by atoms with van der Waals surface area (Å²) in [6.45, 7) is 14.3. The van der Waals surface area contributed by atoms with E-state index in [1.165, 1.54) is 12.1 Å². The van der Waals surface area contributed by atoms with E-state index in [0.717, 1.165) is 12.8 Å². The maximum absolute atomic E-state index is 15.8. The molecule has 8 atom stereocenters. The molecule has 0 aromatic heterocycles. The minimum absolute atomic E-state index is 0.0400. The normalized spacial score (nSPS) is 31.9. The number of aliphatic hydroxyl groups excluding tert-OH is 1. The van der Waals surface area contributed by atoms with Crippen molar-refractivity contribution in [3.63, 3.8) is 0 Å². The van der Waals surface area contributed by atoms with Gasteiger partial charge in [0.15, 0.2) is 11.6 Å². The van der Waals surface area contributed by atoms with Crippen LogP contribution in [0.4, 0.5) is 20.2 Å². The molecule has 0 radical (unpaired) electrons. The number of ketones is 2. The fourth-order valence-electron chi connectivity index (χ4n) is 13.9. The van der Waals surface area contributed by atoms with Crippen LogP contribution in [0.1, 0.15) is 147 Å². The van der Waals surface area contributed by atoms with Crippen molar-refractivity contribution in [3.05, 3.63) is 127 Å². The van der Waals surface area contributed by atoms with Crippen LogP contribution < -0.4 is 21.3 Å². The average Bonchev–Trinajstić information content (AvgIpc) is 3.99. The van der Waals surface area contributed by atoms with Crippen molar-refractivity contribution < 1.29 is 38.2 Å². The molecule has 6 aliphatic rings. The lowest BCUT2D eigenvalue weighted by molar-refractivity contribution is -0.127. The molecule has 75 heavy (non-hydrogen) atoms. The molecule has 0 unspecified atom stereocenters. The van der Waals surface area contributed by atoms with E-state index in [9.17, 15) is 29.4 Å². The molecule has 2 saturated carbocycles. The SMILES string of the molecule is CC(C)(C)C[C@@H]1N[C@@H](C(=O)CC2CC(C)(O)C2)[C@H](c2cccc(Cl)c2F)[C@]12C(=O)Nc1cc(Cl)ccc12.CC(C)(C)C[C@@H]1N[C@@H](C(=O)CC2CCC(O)CC2)[C@H](c2cccc(Cl)c2F)[C@]12C(=O)Nc1cc(Cl)ccc12. The van der Waals surface area contributed by atoms with Crippen LogP contribution >= 0.6 is 46.4 Å². The Hall–Kier alpha value is -3.98. The highest BCUT2D eigenvalue weighted by Gasteiger charge is 2.68. The van der Waals surface area contributed by atoms with Crippen molar-refractivity contribution in [2.24, 2.45) is 22.7 Å². The first kappa shape index (κ1) is 55.8. The highest BCUT2D eigenvalue weighted by atomic mass is 35.5. The third-order valence-electron chi connectivity index (χ3n) is 16.8. The van der Waals surface area contributed by atoms with Gasteiger partial charge < -0.3 is 31.5 Å². The lowest BCUT2D eigenvalue weighted by Crippen LogP contribution is -2.49. The van der Waals surface area contributed by atoms with Crippen LogP contribution in [0.25, 0.3) is 0 Å². The Kier molecular flexibility index (Phi) is 15.4. The lowest BCUT2D eigenvalue weighted by atomic mass is 9.61. The summed E-state index contributed by atoms with van der Waals surface area (Å²) in [5.74, 6) is -3.33. The highest BCUT2D eigenvalue weighted by molar-refractivity contribution is 6.32. The number of carbonyl (C=O) groups excluding carboxylic acids is 4. The van der Waals surface area contributed by atoms with Crippen LogP contribution in [-0.2, 0) is 30.0 Å². The van der Waals surface area contributed by atoms with E-state index >= 15 is 8.78 Å². The number of rotatable bonds is 10. The molecule has 2 saturated heterocycles. The molecular weight excluding hydrogens is 1040 g/mol. The summed E-state index contributed by atoms with van der Waals surface area (Å²) in [4.78, 5) is 56.2. The molecule has 0 bridgehead atoms. The van der Waals surface area contributed by atoms with Gasteiger partial charge in [0.1, 0.15) is 22.5 Å². The Bertz CT molecular complexity index is 2910. The maximum atomic E-state index is 15.8. The van der Waals surface area contributed by atoms with Gasteiger partial charge in [0.25, 0.3) is 0 Å². The van der Waals surface area contributed by atoms with E-state index in [-0.39, 0.29) is 79.7 Å². The predicted octanol–water partition coefficient (Wildman–Crippen LogP) is 12.4. The number of amides is 2. The number of carbonyl (C=O) groups is 4. The fourth-order valence-corrected chi connectivity index (χ4v) is 14.6. The number of Topliss-reactive ketones (excluding diaryl/α,β-unsaturated/α-hetero) is 2. The molecule has 402 valence electrons. The fraction of sp³-hybridized carbons (Fsp3) is 0.525. The summed E-state index contributed by atoms with van der Waals surface area (Å²) in [6.07, 6.45) is 5.39. The first-order valence-corrected chi connectivity index (χ1v) is 27.7. The topological polar surface area (TPSA) is 157 Å². The highest BCUT2D eigenvalue weighted by Crippen LogP contribution is 2.60. The number of hydrogen-bond acceptors (Lipinski definition) is 8. The van der Waals surface area contributed by atoms with Crippen molar-refractivity contribution >= 4 is 81.2 Å². The predicted molar refractivity (Wildman–Crippen MR) is 292 cm³/mol. The van der Waals surface area contributed by atoms with E-state index in [1.54, 1.807) is 55.5 Å². The Morgan fingerprint density at radius 3 is 1.41 bits per heavy atom. The first-order valence-electron chi connectivity index (χ1n) is 26.2. The molecule has 10 rings (SSSR count). The Morgan fingerprint density at radius 1 is 0.627 bits per heavy atom. The van der Waals surface area contributed by atoms with Crippen LogP contribution in [0.15, 0.2) is 72.8 Å². The summed E-state index contributed by atoms with van der Waals surface area (Å²) in [6, 6.07) is 17.6. The molecule has 10 nitrogen and oxygen atoms in total. The Balaban J connectivity index is 0.000000184. The van der Waals surface area contributed by atoms with Gasteiger partial charge in [-0.2, -0.15) is 0 Å². The largest absolute Gasteiger partial charge is 0.393 e. The van der Waals surface area contributed by atoms with Crippen molar-refractivity contribution in [1.29, 1.82) is 0 Å². The second kappa shape index (κ2) is 20.7. The summed E-state index contributed by atoms with van der Waals surface area (Å²) in [7, 11) is 0. The number of benzene rings is 4. The summed E-state index contributed by atoms with van der Waals surface area (Å²) in [5, 5.41) is 34.1. The standard InChI is InChI=1S/C30H35Cl2FN2O3.C29H33Cl2FN2O3/c1-29(2,3)15-24-30(20-12-9-17(31)14-22(20)34-28(30)38)25(19-5-4-6-21(32)26(19)33)27(35-24)23(37)13-16-7-10-18(36)11-8-16;1-27(2,3)14-22-29(18-9-8-16(30)11-20(18)33-26(29)36)23(17-6-5-7-19(31)24(17)32)25(34-22)21(35)10-15-12-28(4,37)13-15/h4-6,9,12,14,16,18,24-25,27,35-36H,7-8,10-11,13,15H2,1-3H3,(H,34,38);5-9,11,15,22-23,25,34,37H,10,12-14H2,1-4H3,(H,33,36)/t16?,18?,24-,25-,27-,30+;15?,22-,23-,25-,28?,29+/m00/s1. The van der Waals surface area contributed by atoms with Gasteiger partial charge in [0.2, 0.25) is 11.8 Å². The summed E-state index contributed by atoms with van der Waals surface area (Å²) < 4.78 is 31.6. The van der Waals surface area contributed by atoms with Crippen LogP contribution in [0, 0.1) is 34.3 Å². The monoisotopic (exact) mass is 1110 g/mol. The van der Waals surface area contributed by atoms with E-state index in [2.05, 4.69) is 62.8 Å². The van der Waals surface area contributed by atoms with Crippen molar-refractivity contribution in [2.75, 3.05) is 10.6 Å². The third-order valence-corrected chi connectivity index (χ3v) is 17.9. The van der Waals surface area contributed by atoms with E-state index < -0.39 is 64.1 Å². The zero-order chi connectivity index (χ0) is 54.3. The molecule has 4 aromatic rings. The average molecular weight is 1110 g/mol. The van der Waals surface area contributed by atoms with Crippen molar-refractivity contribution in [2.45, 2.75) is 171 Å². The van der Waals surface area contributed by atoms with E-state index in [0.29, 0.717) is 77.5 Å². The number of nitrogens with one attached hydrogen (secondary N) is 4. The third kappa shape index (κ3) is 10.5. The van der Waals surface area contributed by atoms with E-state index in [1.807, 2.05) is 12.1 Å². The lowest BCUT2D eigenvalue weighted by Gasteiger charge is -2.41. The van der Waals surface area contributed by atoms with Gasteiger partial charge >= 0.3 is 0 Å². The summed E-state index contributed by atoms with van der Waals surface area (Å²) in [5.41, 5.74) is -0.525. The molecule has 6 N–H and O–H groups in total. The van der Waals surface area contributed by atoms with Gasteiger partial charge in [-0.3, -0.25) is 19.2 Å². The molecule has 4 aromatic carbocycles. The first-order chi connectivity index (χ1) is 35.1. The minimum atomic E-state index is -1.25. The zero-order valence-electron chi connectivity index (χ0n) is 43.5. The number of halogens is 6. The summed E-state index contributed by atoms with van der Waals surface area (Å²) >= 11 is 25.1. The van der Waals surface area contributed by atoms with Gasteiger partial charge in [0.05, 0.1) is 33.8 Å². The van der Waals surface area contributed by atoms with Crippen LogP contribution in [-0.4, -0.2) is 69.5 Å². The number of aliphatic hydroxyl groups is 2. The van der Waals surface area contributed by atoms with Gasteiger partial charge in [0, 0.05) is 58.2 Å². The molecule has 2 aliphatic carbocycles. The smallest absolute Gasteiger partial charge is 0.237 e. The Morgan fingerprint density at radius 2 is 1.03 bits per heavy atom. The van der Waals surface area contributed by atoms with Crippen LogP contribution in [0.2, 0.25) is 20.1 Å². The molecule has 4 fully saturated rings. The van der Waals surface area contributed by atoms with Crippen molar-refractivity contribution in [3.8, 4) is 0 Å². The molecule has 2 spiro atoms. The van der Waals surface area contributed by atoms with Gasteiger partial charge in [-0.05, 0) is 140 Å². The number of anilines is 2. The van der Waals surface area contributed by atoms with Crippen molar-refractivity contribution in [1.82, 2.24) is 10.6 Å². The van der Waals surface area contributed by atoms with E-state index in [4.69, 9.17) is 46.4 Å². The van der Waals surface area contributed by atoms with Crippen LogP contribution in [0.5, 0.6) is 0 Å². The van der Waals surface area contributed by atoms with Gasteiger partial charge in [-0.15, -0.1) is 0 Å². The molecule has 2 amide bonds. The van der Waals surface area contributed by atoms with Gasteiger partial charge in [-0.25, -0.2) is 8.78 Å². The molecule has 4 heterocycles. The molecule has 16 heteroatoms. The number of fused-ring (bicyclic) bond motifs is 4.